The highest BCUT2D eigenvalue weighted by Crippen LogP contribution is 2.19. The zero-order valence-electron chi connectivity index (χ0n) is 17.1. The van der Waals surface area contributed by atoms with E-state index >= 15 is 0 Å². The van der Waals surface area contributed by atoms with Crippen molar-refractivity contribution in [1.29, 1.82) is 0 Å². The molecule has 0 aromatic heterocycles. The van der Waals surface area contributed by atoms with E-state index in [1.807, 2.05) is 0 Å². The van der Waals surface area contributed by atoms with Crippen molar-refractivity contribution in [2.45, 2.75) is 26.0 Å². The molecule has 0 aliphatic rings. The fourth-order valence-corrected chi connectivity index (χ4v) is 2.70. The second-order valence-corrected chi connectivity index (χ2v) is 7.44. The number of esters is 1. The highest BCUT2D eigenvalue weighted by Gasteiger charge is 2.23. The molecule has 2 aromatic carbocycles. The number of methoxy groups -OCH3 is 1. The van der Waals surface area contributed by atoms with Crippen LogP contribution in [0.1, 0.15) is 19.4 Å². The van der Waals surface area contributed by atoms with Crippen molar-refractivity contribution in [2.75, 3.05) is 12.4 Å². The number of anilines is 1. The molecule has 0 heterocycles. The summed E-state index contributed by atoms with van der Waals surface area (Å²) in [5.74, 6) is -1.95. The average Bonchev–Trinajstić information content (AvgIpc) is 2.74. The molecule has 31 heavy (non-hydrogen) atoms. The molecule has 2 rings (SSSR count). The van der Waals surface area contributed by atoms with Gasteiger partial charge in [0.05, 0.1) is 12.8 Å². The van der Waals surface area contributed by atoms with E-state index in [-0.39, 0.29) is 5.69 Å². The highest BCUT2D eigenvalue weighted by atomic mass is 79.9. The average molecular weight is 493 g/mol. The van der Waals surface area contributed by atoms with Crippen LogP contribution in [-0.2, 0) is 19.1 Å². The van der Waals surface area contributed by atoms with Crippen LogP contribution in [0.5, 0.6) is 5.75 Å². The van der Waals surface area contributed by atoms with Crippen LogP contribution in [0.3, 0.4) is 0 Å². The lowest BCUT2D eigenvalue weighted by Crippen LogP contribution is -2.41. The van der Waals surface area contributed by atoms with Gasteiger partial charge >= 0.3 is 5.97 Å². The van der Waals surface area contributed by atoms with E-state index < -0.39 is 35.7 Å². The topological polar surface area (TPSA) is 93.7 Å². The number of amides is 2. The summed E-state index contributed by atoms with van der Waals surface area (Å²) >= 11 is 3.12. The van der Waals surface area contributed by atoms with Crippen LogP contribution < -0.4 is 15.4 Å². The first kappa shape index (κ1) is 24.1. The number of ether oxygens (including phenoxy) is 2. The van der Waals surface area contributed by atoms with E-state index in [1.54, 1.807) is 43.5 Å². The largest absolute Gasteiger partial charge is 0.497 e. The van der Waals surface area contributed by atoms with Crippen molar-refractivity contribution in [3.05, 3.63) is 64.4 Å². The van der Waals surface area contributed by atoms with Crippen LogP contribution in [0.15, 0.2) is 53.0 Å². The predicted octanol–water partition coefficient (Wildman–Crippen LogP) is 3.69. The number of halogens is 2. The molecule has 164 valence electrons. The third-order valence-corrected chi connectivity index (χ3v) is 4.60. The van der Waals surface area contributed by atoms with Gasteiger partial charge in [-0.3, -0.25) is 9.59 Å². The van der Waals surface area contributed by atoms with Crippen LogP contribution in [0, 0.1) is 5.82 Å². The van der Waals surface area contributed by atoms with Gasteiger partial charge < -0.3 is 20.1 Å². The Kier molecular flexibility index (Phi) is 8.75. The molecule has 0 fully saturated rings. The lowest BCUT2D eigenvalue weighted by Gasteiger charge is -2.17. The predicted molar refractivity (Wildman–Crippen MR) is 118 cm³/mol. The Morgan fingerprint density at radius 2 is 1.77 bits per heavy atom. The van der Waals surface area contributed by atoms with Crippen molar-refractivity contribution in [2.24, 2.45) is 0 Å². The molecule has 0 aliphatic heterocycles. The van der Waals surface area contributed by atoms with Crippen LogP contribution in [0.2, 0.25) is 0 Å². The second kappa shape index (κ2) is 11.3. The number of benzene rings is 2. The van der Waals surface area contributed by atoms with Crippen LogP contribution >= 0.6 is 15.9 Å². The molecule has 0 saturated heterocycles. The van der Waals surface area contributed by atoms with Crippen molar-refractivity contribution in [3.63, 3.8) is 0 Å². The molecule has 0 spiro atoms. The minimum atomic E-state index is -1.19. The molecule has 9 heteroatoms. The summed E-state index contributed by atoms with van der Waals surface area (Å²) in [6.07, 6.45) is 1.66. The van der Waals surface area contributed by atoms with Gasteiger partial charge in [0.25, 0.3) is 5.91 Å². The molecule has 2 N–H and O–H groups in total. The molecule has 1 unspecified atom stereocenters. The molecule has 2 amide bonds. The Balaban J connectivity index is 1.85. The molecule has 0 saturated carbocycles. The van der Waals surface area contributed by atoms with E-state index in [0.29, 0.717) is 10.2 Å². The van der Waals surface area contributed by atoms with Gasteiger partial charge in [0.15, 0.2) is 6.10 Å². The first-order valence-electron chi connectivity index (χ1n) is 9.28. The van der Waals surface area contributed by atoms with Crippen molar-refractivity contribution in [1.82, 2.24) is 5.32 Å². The van der Waals surface area contributed by atoms with Crippen LogP contribution in [0.25, 0.3) is 6.08 Å². The highest BCUT2D eigenvalue weighted by molar-refractivity contribution is 9.10. The minimum absolute atomic E-state index is 0.0406. The Bertz CT molecular complexity index is 978. The number of hydrogen-bond donors (Lipinski definition) is 2. The first-order valence-corrected chi connectivity index (χ1v) is 10.1. The summed E-state index contributed by atoms with van der Waals surface area (Å²) in [6, 6.07) is 10.2. The lowest BCUT2D eigenvalue weighted by atomic mass is 10.2. The molecule has 0 aliphatic carbocycles. The molecule has 0 radical (unpaired) electrons. The summed E-state index contributed by atoms with van der Waals surface area (Å²) in [7, 11) is 1.56. The summed E-state index contributed by atoms with van der Waals surface area (Å²) in [5.41, 5.74) is 0.734. The van der Waals surface area contributed by atoms with Gasteiger partial charge in [-0.2, -0.15) is 0 Å². The third-order valence-electron chi connectivity index (χ3n) is 4.11. The zero-order valence-corrected chi connectivity index (χ0v) is 18.7. The quantitative estimate of drug-likeness (QED) is 0.432. The maximum Gasteiger partial charge on any atom is 0.329 e. The van der Waals surface area contributed by atoms with Crippen LogP contribution in [0.4, 0.5) is 10.1 Å². The smallest absolute Gasteiger partial charge is 0.329 e. The van der Waals surface area contributed by atoms with Gasteiger partial charge in [0, 0.05) is 10.5 Å². The van der Waals surface area contributed by atoms with Crippen LogP contribution in [-0.4, -0.2) is 37.0 Å². The van der Waals surface area contributed by atoms with E-state index in [9.17, 15) is 18.8 Å². The zero-order chi connectivity index (χ0) is 23.0. The fraction of sp³-hybridized carbons (Fsp3) is 0.227. The molecule has 7 nitrogen and oxygen atoms in total. The van der Waals surface area contributed by atoms with Crippen molar-refractivity contribution in [3.8, 4) is 5.75 Å². The van der Waals surface area contributed by atoms with E-state index in [4.69, 9.17) is 9.47 Å². The summed E-state index contributed by atoms with van der Waals surface area (Å²) < 4.78 is 24.5. The minimum Gasteiger partial charge on any atom is -0.497 e. The number of carbonyl (C=O) groups excluding carboxylic acids is 3. The van der Waals surface area contributed by atoms with E-state index in [0.717, 1.165) is 5.56 Å². The maximum atomic E-state index is 13.8. The Hall–Kier alpha value is -3.20. The number of nitrogens with one attached hydrogen (secondary N) is 2. The monoisotopic (exact) mass is 492 g/mol. The SMILES string of the molecule is COc1ccc(/C=C/C(=O)N[C@@H](C)C(=O)OC(C)C(=O)Nc2ccc(Br)cc2F)cc1. The first-order chi connectivity index (χ1) is 14.7. The fourth-order valence-electron chi connectivity index (χ4n) is 2.36. The molecular weight excluding hydrogens is 471 g/mol. The number of carbonyl (C=O) groups is 3. The van der Waals surface area contributed by atoms with Gasteiger partial charge in [-0.15, -0.1) is 0 Å². The lowest BCUT2D eigenvalue weighted by molar-refractivity contribution is -0.155. The van der Waals surface area contributed by atoms with Gasteiger partial charge in [-0.05, 0) is 55.8 Å². The van der Waals surface area contributed by atoms with Crippen molar-refractivity contribution < 1.29 is 28.2 Å². The summed E-state index contributed by atoms with van der Waals surface area (Å²) in [6.45, 7) is 2.78. The Morgan fingerprint density at radius 3 is 2.39 bits per heavy atom. The summed E-state index contributed by atoms with van der Waals surface area (Å²) in [5, 5.41) is 4.81. The number of rotatable bonds is 8. The molecule has 2 aromatic rings. The number of hydrogen-bond acceptors (Lipinski definition) is 5. The molecular formula is C22H22BrFN2O5. The normalized spacial score (nSPS) is 12.7. The van der Waals surface area contributed by atoms with E-state index in [2.05, 4.69) is 26.6 Å². The Labute approximate surface area is 187 Å². The summed E-state index contributed by atoms with van der Waals surface area (Å²) in [4.78, 5) is 36.4. The van der Waals surface area contributed by atoms with Gasteiger partial charge in [-0.25, -0.2) is 9.18 Å². The maximum absolute atomic E-state index is 13.8. The molecule has 0 bridgehead atoms. The van der Waals surface area contributed by atoms with Crippen molar-refractivity contribution >= 4 is 45.5 Å². The van der Waals surface area contributed by atoms with Gasteiger partial charge in [-0.1, -0.05) is 28.1 Å². The van der Waals surface area contributed by atoms with E-state index in [1.165, 1.54) is 32.1 Å². The van der Waals surface area contributed by atoms with Gasteiger partial charge in [0.1, 0.15) is 17.6 Å². The third kappa shape index (κ3) is 7.53. The second-order valence-electron chi connectivity index (χ2n) is 6.53. The molecule has 2 atom stereocenters. The standard InChI is InChI=1S/C22H22BrFN2O5/c1-13(25-20(27)11-6-15-4-8-17(30-3)9-5-15)22(29)31-14(2)21(28)26-19-10-7-16(23)12-18(19)24/h4-14H,1-3H3,(H,25,27)(H,26,28)/b11-6+/t13-,14?/m0/s1. The Morgan fingerprint density at radius 1 is 1.10 bits per heavy atom. The van der Waals surface area contributed by atoms with Gasteiger partial charge in [0.2, 0.25) is 5.91 Å².